The van der Waals surface area contributed by atoms with Crippen LogP contribution in [0.1, 0.15) is 47.7 Å². The highest BCUT2D eigenvalue weighted by Gasteiger charge is 2.46. The summed E-state index contributed by atoms with van der Waals surface area (Å²) in [5, 5.41) is 11.4. The molecule has 3 aromatic rings. The van der Waals surface area contributed by atoms with Crippen LogP contribution in [0.4, 0.5) is 10.1 Å². The topological polar surface area (TPSA) is 60.9 Å². The molecule has 0 saturated carbocycles. The number of aryl methyl sites for hydroxylation is 2. The number of rotatable bonds is 7. The summed E-state index contributed by atoms with van der Waals surface area (Å²) in [6.45, 7) is 9.75. The molecule has 1 saturated heterocycles. The number of hydrogen-bond acceptors (Lipinski definition) is 4. The van der Waals surface area contributed by atoms with Crippen molar-refractivity contribution in [3.8, 4) is 0 Å². The minimum Gasteiger partial charge on any atom is -0.507 e. The summed E-state index contributed by atoms with van der Waals surface area (Å²) in [7, 11) is 0. The Labute approximate surface area is 211 Å². The lowest BCUT2D eigenvalue weighted by atomic mass is 9.93. The second kappa shape index (κ2) is 10.4. The molecule has 1 aliphatic heterocycles. The van der Waals surface area contributed by atoms with Crippen LogP contribution in [0.2, 0.25) is 0 Å². The average molecular weight is 487 g/mol. The van der Waals surface area contributed by atoms with E-state index in [0.29, 0.717) is 11.1 Å². The second-order valence-corrected chi connectivity index (χ2v) is 9.14. The van der Waals surface area contributed by atoms with Crippen LogP contribution in [0.5, 0.6) is 0 Å². The Bertz CT molecular complexity index is 1310. The minimum atomic E-state index is -0.777. The summed E-state index contributed by atoms with van der Waals surface area (Å²) >= 11 is 0. The Balaban J connectivity index is 1.86. The minimum absolute atomic E-state index is 0.0615. The lowest BCUT2D eigenvalue weighted by molar-refractivity contribution is -0.140. The Hall–Kier alpha value is -3.93. The number of halogens is 1. The lowest BCUT2D eigenvalue weighted by Crippen LogP contribution is -2.29. The highest BCUT2D eigenvalue weighted by Crippen LogP contribution is 2.41. The number of carbonyl (C=O) groups is 2. The molecule has 1 atom stereocenters. The fourth-order valence-electron chi connectivity index (χ4n) is 4.77. The Morgan fingerprint density at radius 2 is 1.58 bits per heavy atom. The maximum absolute atomic E-state index is 13.5. The molecule has 0 radical (unpaired) electrons. The molecule has 1 N–H and O–H groups in total. The average Bonchev–Trinajstić information content (AvgIpc) is 3.12. The molecule has 6 heteroatoms. The van der Waals surface area contributed by atoms with E-state index in [0.717, 1.165) is 35.5 Å². The number of aliphatic hydroxyl groups excluding tert-OH is 1. The van der Waals surface area contributed by atoms with Gasteiger partial charge in [-0.15, -0.1) is 0 Å². The number of likely N-dealkylation sites (tertiary alicyclic amines) is 1. The Morgan fingerprint density at radius 3 is 2.19 bits per heavy atom. The van der Waals surface area contributed by atoms with E-state index in [-0.39, 0.29) is 23.7 Å². The number of benzene rings is 3. The molecule has 1 amide bonds. The van der Waals surface area contributed by atoms with Crippen molar-refractivity contribution in [2.24, 2.45) is 0 Å². The van der Waals surface area contributed by atoms with Gasteiger partial charge in [-0.3, -0.25) is 9.59 Å². The molecule has 0 aliphatic carbocycles. The van der Waals surface area contributed by atoms with Gasteiger partial charge in [0.25, 0.3) is 11.7 Å². The molecule has 3 aromatic carbocycles. The van der Waals surface area contributed by atoms with Gasteiger partial charge in [-0.2, -0.15) is 0 Å². The first-order valence-corrected chi connectivity index (χ1v) is 12.2. The van der Waals surface area contributed by atoms with Crippen molar-refractivity contribution in [2.75, 3.05) is 18.0 Å². The van der Waals surface area contributed by atoms with Crippen molar-refractivity contribution in [2.45, 2.75) is 40.3 Å². The summed E-state index contributed by atoms with van der Waals surface area (Å²) in [6.07, 6.45) is 0. The van der Waals surface area contributed by atoms with Gasteiger partial charge in [0.05, 0.1) is 11.6 Å². The van der Waals surface area contributed by atoms with Crippen LogP contribution in [0.3, 0.4) is 0 Å². The molecule has 1 fully saturated rings. The predicted molar refractivity (Wildman–Crippen MR) is 140 cm³/mol. The lowest BCUT2D eigenvalue weighted by Gasteiger charge is -2.27. The summed E-state index contributed by atoms with van der Waals surface area (Å²) in [6, 6.07) is 18.5. The summed E-state index contributed by atoms with van der Waals surface area (Å²) in [5.74, 6) is -1.98. The third-order valence-electron chi connectivity index (χ3n) is 6.79. The maximum atomic E-state index is 13.5. The number of nitrogens with zero attached hydrogens (tertiary/aromatic N) is 2. The standard InChI is InChI=1S/C30H31FN2O3/c1-5-32(6-2)24-15-11-22(12-16-24)27-26(28(34)25-17-19(3)7-8-20(25)4)29(35)30(36)33(27)18-21-9-13-23(31)14-10-21/h7-17,27,34H,5-6,18H2,1-4H3/b28-26+. The van der Waals surface area contributed by atoms with Gasteiger partial charge in [0, 0.05) is 30.9 Å². The molecule has 0 aromatic heterocycles. The molecule has 0 spiro atoms. The van der Waals surface area contributed by atoms with E-state index in [1.165, 1.54) is 17.0 Å². The van der Waals surface area contributed by atoms with Gasteiger partial charge in [0.1, 0.15) is 11.6 Å². The van der Waals surface area contributed by atoms with Gasteiger partial charge < -0.3 is 14.9 Å². The highest BCUT2D eigenvalue weighted by molar-refractivity contribution is 6.46. The first kappa shape index (κ1) is 25.2. The van der Waals surface area contributed by atoms with E-state index in [9.17, 15) is 19.1 Å². The van der Waals surface area contributed by atoms with Gasteiger partial charge in [-0.1, -0.05) is 42.0 Å². The van der Waals surface area contributed by atoms with Crippen LogP contribution >= 0.6 is 0 Å². The number of aliphatic hydroxyl groups is 1. The van der Waals surface area contributed by atoms with E-state index < -0.39 is 17.7 Å². The van der Waals surface area contributed by atoms with Gasteiger partial charge in [0.2, 0.25) is 0 Å². The molecule has 0 bridgehead atoms. The maximum Gasteiger partial charge on any atom is 0.295 e. The predicted octanol–water partition coefficient (Wildman–Crippen LogP) is 5.91. The quantitative estimate of drug-likeness (QED) is 0.256. The fourth-order valence-corrected chi connectivity index (χ4v) is 4.77. The van der Waals surface area contributed by atoms with Crippen molar-refractivity contribution in [3.05, 3.63) is 106 Å². The first-order valence-electron chi connectivity index (χ1n) is 12.2. The molecule has 1 aliphatic rings. The van der Waals surface area contributed by atoms with Gasteiger partial charge in [-0.25, -0.2) is 4.39 Å². The van der Waals surface area contributed by atoms with E-state index in [1.54, 1.807) is 12.1 Å². The molecule has 4 rings (SSSR count). The van der Waals surface area contributed by atoms with Crippen molar-refractivity contribution in [3.63, 3.8) is 0 Å². The number of Topliss-reactive ketones (excluding diaryl/α,β-unsaturated/α-hetero) is 1. The molecule has 1 unspecified atom stereocenters. The molecular formula is C30H31FN2O3. The number of amides is 1. The van der Waals surface area contributed by atoms with E-state index in [4.69, 9.17) is 0 Å². The number of carbonyl (C=O) groups excluding carboxylic acids is 2. The van der Waals surface area contributed by atoms with Crippen molar-refractivity contribution in [1.82, 2.24) is 4.90 Å². The SMILES string of the molecule is CCN(CC)c1ccc(C2/C(=C(\O)c3cc(C)ccc3C)C(=O)C(=O)N2Cc2ccc(F)cc2)cc1. The summed E-state index contributed by atoms with van der Waals surface area (Å²) in [4.78, 5) is 30.3. The Kier molecular flexibility index (Phi) is 7.25. The van der Waals surface area contributed by atoms with E-state index >= 15 is 0 Å². The third kappa shape index (κ3) is 4.76. The van der Waals surface area contributed by atoms with Gasteiger partial charge in [0.15, 0.2) is 0 Å². The monoisotopic (exact) mass is 486 g/mol. The highest BCUT2D eigenvalue weighted by atomic mass is 19.1. The number of ketones is 1. The largest absolute Gasteiger partial charge is 0.507 e. The molecule has 186 valence electrons. The van der Waals surface area contributed by atoms with Crippen LogP contribution in [-0.4, -0.2) is 34.8 Å². The van der Waals surface area contributed by atoms with Gasteiger partial charge in [-0.05, 0) is 74.7 Å². The second-order valence-electron chi connectivity index (χ2n) is 9.14. The zero-order valence-electron chi connectivity index (χ0n) is 21.1. The number of anilines is 1. The third-order valence-corrected chi connectivity index (χ3v) is 6.79. The van der Waals surface area contributed by atoms with E-state index in [1.807, 2.05) is 56.3 Å². The molecule has 36 heavy (non-hydrogen) atoms. The van der Waals surface area contributed by atoms with E-state index in [2.05, 4.69) is 18.7 Å². The zero-order valence-corrected chi connectivity index (χ0v) is 21.1. The normalized spacial score (nSPS) is 17.0. The van der Waals surface area contributed by atoms with Crippen molar-refractivity contribution >= 4 is 23.1 Å². The first-order chi connectivity index (χ1) is 17.2. The smallest absolute Gasteiger partial charge is 0.295 e. The van der Waals surface area contributed by atoms with Crippen LogP contribution in [0.15, 0.2) is 72.3 Å². The van der Waals surface area contributed by atoms with Gasteiger partial charge >= 0.3 is 0 Å². The van der Waals surface area contributed by atoms with Crippen molar-refractivity contribution < 1.29 is 19.1 Å². The molecule has 5 nitrogen and oxygen atoms in total. The summed E-state index contributed by atoms with van der Waals surface area (Å²) in [5.41, 5.74) is 4.77. The van der Waals surface area contributed by atoms with Crippen molar-refractivity contribution in [1.29, 1.82) is 0 Å². The van der Waals surface area contributed by atoms with Crippen LogP contribution in [0, 0.1) is 19.7 Å². The number of hydrogen-bond donors (Lipinski definition) is 1. The zero-order chi connectivity index (χ0) is 26.0. The fraction of sp³-hybridized carbons (Fsp3) is 0.267. The Morgan fingerprint density at radius 1 is 0.944 bits per heavy atom. The molecule has 1 heterocycles. The van der Waals surface area contributed by atoms with Crippen LogP contribution in [-0.2, 0) is 16.1 Å². The summed E-state index contributed by atoms with van der Waals surface area (Å²) < 4.78 is 13.5. The van der Waals surface area contributed by atoms with Crippen LogP contribution in [0.25, 0.3) is 5.76 Å². The van der Waals surface area contributed by atoms with Crippen LogP contribution < -0.4 is 4.90 Å². The molecular weight excluding hydrogens is 455 g/mol.